The van der Waals surface area contributed by atoms with Crippen molar-refractivity contribution in [2.45, 2.75) is 85.0 Å². The molecule has 1 fully saturated rings. The van der Waals surface area contributed by atoms with Crippen molar-refractivity contribution in [1.29, 1.82) is 0 Å². The summed E-state index contributed by atoms with van der Waals surface area (Å²) in [5, 5.41) is 13.9. The molecule has 3 rings (SSSR count). The van der Waals surface area contributed by atoms with Gasteiger partial charge in [0.05, 0.1) is 30.9 Å². The molecule has 1 amide bonds. The lowest BCUT2D eigenvalue weighted by Crippen LogP contribution is -2.48. The van der Waals surface area contributed by atoms with Crippen molar-refractivity contribution in [2.24, 2.45) is 11.3 Å². The Kier molecular flexibility index (Phi) is 11.0. The van der Waals surface area contributed by atoms with Crippen molar-refractivity contribution in [2.75, 3.05) is 20.3 Å². The lowest BCUT2D eigenvalue weighted by Gasteiger charge is -2.35. The fourth-order valence-electron chi connectivity index (χ4n) is 5.57. The van der Waals surface area contributed by atoms with Gasteiger partial charge in [-0.3, -0.25) is 4.90 Å². The first-order valence-corrected chi connectivity index (χ1v) is 14.4. The van der Waals surface area contributed by atoms with Crippen LogP contribution in [0.3, 0.4) is 0 Å². The minimum atomic E-state index is -4.57. The molecule has 1 aliphatic heterocycles. The molecular weight excluding hydrogens is 583 g/mol. The quantitative estimate of drug-likeness (QED) is 0.292. The number of benzene rings is 1. The zero-order valence-corrected chi connectivity index (χ0v) is 26.3. The number of nitrogens with zero attached hydrogens (tertiary/aromatic N) is 2. The first-order valence-electron chi connectivity index (χ1n) is 14.4. The van der Waals surface area contributed by atoms with E-state index in [0.717, 1.165) is 12.1 Å². The van der Waals surface area contributed by atoms with Gasteiger partial charge in [0, 0.05) is 30.3 Å². The van der Waals surface area contributed by atoms with Crippen molar-refractivity contribution in [3.63, 3.8) is 0 Å². The van der Waals surface area contributed by atoms with Crippen LogP contribution in [0.25, 0.3) is 0 Å². The Morgan fingerprint density at radius 1 is 1.07 bits per heavy atom. The van der Waals surface area contributed by atoms with Crippen LogP contribution in [0, 0.1) is 11.3 Å². The Labute approximate surface area is 255 Å². The number of carbonyl (C=O) groups excluding carboxylic acids is 1. The average Bonchev–Trinajstić information content (AvgIpc) is 3.26. The van der Waals surface area contributed by atoms with Gasteiger partial charge in [-0.05, 0) is 63.4 Å². The highest BCUT2D eigenvalue weighted by molar-refractivity contribution is 5.82. The minimum Gasteiger partial charge on any atom is -0.493 e. The van der Waals surface area contributed by atoms with Crippen molar-refractivity contribution in [3.05, 3.63) is 47.7 Å². The molecule has 2 aromatic rings. The lowest BCUT2D eigenvalue weighted by molar-refractivity contribution is -0.145. The van der Waals surface area contributed by atoms with E-state index in [-0.39, 0.29) is 36.6 Å². The summed E-state index contributed by atoms with van der Waals surface area (Å²) in [5.41, 5.74) is -1.04. The monoisotopic (exact) mass is 625 g/mol. The van der Waals surface area contributed by atoms with Crippen molar-refractivity contribution in [1.82, 2.24) is 15.2 Å². The van der Waals surface area contributed by atoms with Crippen LogP contribution in [0.15, 0.2) is 36.5 Å². The summed E-state index contributed by atoms with van der Waals surface area (Å²) in [7, 11) is 1.33. The lowest BCUT2D eigenvalue weighted by atomic mass is 9.72. The molecule has 1 aromatic carbocycles. The number of hydrogen-bond donors (Lipinski definition) is 2. The number of aliphatic carboxylic acids is 1. The molecule has 4 atom stereocenters. The van der Waals surface area contributed by atoms with Crippen LogP contribution in [0.2, 0.25) is 0 Å². The molecule has 0 saturated carbocycles. The second kappa shape index (κ2) is 13.9. The fraction of sp³-hybridized carbons (Fsp3) is 0.581. The van der Waals surface area contributed by atoms with Crippen LogP contribution >= 0.6 is 0 Å². The zero-order valence-electron chi connectivity index (χ0n) is 26.3. The van der Waals surface area contributed by atoms with Gasteiger partial charge >= 0.3 is 18.2 Å². The third kappa shape index (κ3) is 8.04. The van der Waals surface area contributed by atoms with Gasteiger partial charge in [0.1, 0.15) is 12.6 Å². The summed E-state index contributed by atoms with van der Waals surface area (Å²) < 4.78 is 62.4. The number of amides is 1. The number of likely N-dealkylation sites (tertiary alicyclic amines) is 1. The van der Waals surface area contributed by atoms with Gasteiger partial charge in [-0.25, -0.2) is 14.6 Å². The standard InChI is InChI=1S/C31H42F3N3O7/c1-17(2)43-27-20(10-9-13-36-27)25-24(23(30(5,6)7)26(28(38)39)37(25)29(40)44-18(3)4)35-14-15-42-22-16-19(31(32,33)34)11-12-21(22)41-8/h9-13,16-18,23-26,35H,14-15H2,1-8H3,(H,38,39)/t23-,24-,25-,26-/m0/s1. The molecule has 0 aliphatic carbocycles. The first-order chi connectivity index (χ1) is 20.5. The molecule has 2 N–H and O–H groups in total. The SMILES string of the molecule is COc1ccc(C(F)(F)F)cc1OCCN[C@H]1[C@H](C(C)(C)C)[C@@H](C(=O)O)N(C(=O)OC(C)C)[C@H]1c1cccnc1OC(C)C. The number of rotatable bonds is 11. The van der Waals surface area contributed by atoms with Crippen LogP contribution in [0.1, 0.15) is 65.6 Å². The average molecular weight is 626 g/mol. The van der Waals surface area contributed by atoms with Gasteiger partial charge in [0.2, 0.25) is 5.88 Å². The topological polar surface area (TPSA) is 119 Å². The van der Waals surface area contributed by atoms with Crippen LogP contribution < -0.4 is 19.5 Å². The largest absolute Gasteiger partial charge is 0.493 e. The molecular formula is C31H42F3N3O7. The Hall–Kier alpha value is -3.74. The fourth-order valence-corrected chi connectivity index (χ4v) is 5.57. The maximum absolute atomic E-state index is 13.6. The van der Waals surface area contributed by atoms with E-state index in [1.165, 1.54) is 18.1 Å². The Balaban J connectivity index is 2.05. The number of carboxylic acids is 1. The number of aromatic nitrogens is 1. The van der Waals surface area contributed by atoms with Crippen molar-refractivity contribution >= 4 is 12.1 Å². The Bertz CT molecular complexity index is 1300. The number of carboxylic acid groups (broad SMARTS) is 1. The summed E-state index contributed by atoms with van der Waals surface area (Å²) in [6, 6.07) is 3.50. The van der Waals surface area contributed by atoms with E-state index in [1.54, 1.807) is 32.2 Å². The normalized spacial score (nSPS) is 20.6. The van der Waals surface area contributed by atoms with Crippen molar-refractivity contribution in [3.8, 4) is 17.4 Å². The smallest absolute Gasteiger partial charge is 0.416 e. The third-order valence-electron chi connectivity index (χ3n) is 7.16. The number of hydrogen-bond acceptors (Lipinski definition) is 8. The number of halogens is 3. The molecule has 1 saturated heterocycles. The van der Waals surface area contributed by atoms with Gasteiger partial charge in [-0.1, -0.05) is 20.8 Å². The molecule has 10 nitrogen and oxygen atoms in total. The van der Waals surface area contributed by atoms with Crippen LogP contribution in [-0.2, 0) is 15.7 Å². The van der Waals surface area contributed by atoms with E-state index in [9.17, 15) is 27.9 Å². The molecule has 0 bridgehead atoms. The summed E-state index contributed by atoms with van der Waals surface area (Å²) >= 11 is 0. The van der Waals surface area contributed by atoms with Gasteiger partial charge in [-0.2, -0.15) is 13.2 Å². The van der Waals surface area contributed by atoms with Crippen LogP contribution in [0.4, 0.5) is 18.0 Å². The van der Waals surface area contributed by atoms with Gasteiger partial charge in [0.15, 0.2) is 11.5 Å². The summed E-state index contributed by atoms with van der Waals surface area (Å²) in [4.78, 5) is 32.1. The molecule has 1 aliphatic rings. The number of nitrogens with one attached hydrogen (secondary N) is 1. The summed E-state index contributed by atoms with van der Waals surface area (Å²) in [5.74, 6) is -1.58. The molecule has 0 radical (unpaired) electrons. The first kappa shape index (κ1) is 34.7. The number of ether oxygens (including phenoxy) is 4. The second-order valence-electron chi connectivity index (χ2n) is 12.2. The second-order valence-corrected chi connectivity index (χ2v) is 12.2. The number of methoxy groups -OCH3 is 1. The number of pyridine rings is 1. The maximum Gasteiger partial charge on any atom is 0.416 e. The third-order valence-corrected chi connectivity index (χ3v) is 7.16. The van der Waals surface area contributed by atoms with E-state index >= 15 is 0 Å². The van der Waals surface area contributed by atoms with Gasteiger partial charge in [-0.15, -0.1) is 0 Å². The predicted octanol–water partition coefficient (Wildman–Crippen LogP) is 5.95. The molecule has 13 heteroatoms. The van der Waals surface area contributed by atoms with E-state index in [0.29, 0.717) is 5.56 Å². The van der Waals surface area contributed by atoms with Crippen molar-refractivity contribution < 1.29 is 46.8 Å². The van der Waals surface area contributed by atoms with E-state index < -0.39 is 59.4 Å². The Morgan fingerprint density at radius 3 is 2.30 bits per heavy atom. The van der Waals surface area contributed by atoms with Crippen LogP contribution in [-0.4, -0.2) is 71.6 Å². The summed E-state index contributed by atoms with van der Waals surface area (Å²) in [6.07, 6.45) is -4.62. The molecule has 44 heavy (non-hydrogen) atoms. The molecule has 1 aromatic heterocycles. The molecule has 2 heterocycles. The minimum absolute atomic E-state index is 0.0890. The van der Waals surface area contributed by atoms with Gasteiger partial charge < -0.3 is 29.4 Å². The Morgan fingerprint density at radius 2 is 1.75 bits per heavy atom. The zero-order chi connectivity index (χ0) is 33.0. The number of carbonyl (C=O) groups is 2. The van der Waals surface area contributed by atoms with Gasteiger partial charge in [0.25, 0.3) is 0 Å². The van der Waals surface area contributed by atoms with E-state index in [1.807, 2.05) is 34.6 Å². The molecule has 0 spiro atoms. The highest BCUT2D eigenvalue weighted by atomic mass is 19.4. The maximum atomic E-state index is 13.6. The molecule has 244 valence electrons. The van der Waals surface area contributed by atoms with E-state index in [4.69, 9.17) is 18.9 Å². The predicted molar refractivity (Wildman–Crippen MR) is 156 cm³/mol. The number of alkyl halides is 3. The molecule has 0 unspecified atom stereocenters. The summed E-state index contributed by atoms with van der Waals surface area (Å²) in [6.45, 7) is 12.6. The van der Waals surface area contributed by atoms with Crippen LogP contribution in [0.5, 0.6) is 17.4 Å². The highest BCUT2D eigenvalue weighted by Crippen LogP contribution is 2.49. The van der Waals surface area contributed by atoms with E-state index in [2.05, 4.69) is 10.3 Å². The highest BCUT2D eigenvalue weighted by Gasteiger charge is 2.59.